The first-order valence-electron chi connectivity index (χ1n) is 6.61. The zero-order chi connectivity index (χ0) is 12.3. The molecule has 1 fully saturated rings. The number of aromatic nitrogens is 2. The van der Waals surface area contributed by atoms with Crippen molar-refractivity contribution in [3.8, 4) is 0 Å². The van der Waals surface area contributed by atoms with Crippen molar-refractivity contribution in [1.82, 2.24) is 14.5 Å². The topological polar surface area (TPSA) is 33.1 Å². The van der Waals surface area contributed by atoms with Gasteiger partial charge in [0.05, 0.1) is 0 Å². The predicted molar refractivity (Wildman–Crippen MR) is 71.4 cm³/mol. The summed E-state index contributed by atoms with van der Waals surface area (Å²) < 4.78 is 2.32. The third kappa shape index (κ3) is 3.22. The molecule has 17 heavy (non-hydrogen) atoms. The highest BCUT2D eigenvalue weighted by atomic mass is 15.2. The number of nitrogens with zero attached hydrogens (tertiary/aromatic N) is 3. The maximum Gasteiger partial charge on any atom is 0.203 e. The molecule has 1 N–H and O–H groups in total. The third-order valence-corrected chi connectivity index (χ3v) is 3.40. The molecule has 1 atom stereocenters. The van der Waals surface area contributed by atoms with E-state index in [0.29, 0.717) is 12.1 Å². The molecule has 1 unspecified atom stereocenters. The minimum absolute atomic E-state index is 0.424. The number of nitrogens with one attached hydrogen (secondary N) is 1. The first-order chi connectivity index (χ1) is 8.16. The molecular formula is C13H24N4. The summed E-state index contributed by atoms with van der Waals surface area (Å²) in [4.78, 5) is 6.64. The number of imidazole rings is 1. The maximum atomic E-state index is 4.44. The highest BCUT2D eigenvalue weighted by Gasteiger charge is 2.19. The van der Waals surface area contributed by atoms with E-state index in [1.807, 2.05) is 6.20 Å². The van der Waals surface area contributed by atoms with Gasteiger partial charge in [-0.05, 0) is 33.9 Å². The van der Waals surface area contributed by atoms with Gasteiger partial charge in [0, 0.05) is 31.0 Å². The van der Waals surface area contributed by atoms with Crippen molar-refractivity contribution in [2.45, 2.75) is 44.7 Å². The van der Waals surface area contributed by atoms with Crippen LogP contribution >= 0.6 is 0 Å². The lowest BCUT2D eigenvalue weighted by atomic mass is 10.2. The van der Waals surface area contributed by atoms with Gasteiger partial charge in [-0.15, -0.1) is 0 Å². The standard InChI is InChI=1S/C13H24N4/c1-11(10-16(2)3)15-13-14-8-9-17(13)12-6-4-5-7-12/h8-9,11-12H,4-7,10H2,1-3H3,(H,14,15). The minimum atomic E-state index is 0.424. The predicted octanol–water partition coefficient (Wildman–Crippen LogP) is 2.36. The zero-order valence-electron chi connectivity index (χ0n) is 11.2. The van der Waals surface area contributed by atoms with Crippen molar-refractivity contribution < 1.29 is 0 Å². The summed E-state index contributed by atoms with van der Waals surface area (Å²) in [7, 11) is 4.20. The summed E-state index contributed by atoms with van der Waals surface area (Å²) in [5.74, 6) is 1.03. The molecule has 2 rings (SSSR count). The van der Waals surface area contributed by atoms with E-state index >= 15 is 0 Å². The van der Waals surface area contributed by atoms with Crippen molar-refractivity contribution in [1.29, 1.82) is 0 Å². The second kappa shape index (κ2) is 5.54. The van der Waals surface area contributed by atoms with Crippen molar-refractivity contribution in [3.63, 3.8) is 0 Å². The molecule has 96 valence electrons. The summed E-state index contributed by atoms with van der Waals surface area (Å²) >= 11 is 0. The number of rotatable bonds is 5. The van der Waals surface area contributed by atoms with E-state index in [4.69, 9.17) is 0 Å². The van der Waals surface area contributed by atoms with Crippen molar-refractivity contribution in [2.75, 3.05) is 26.0 Å². The molecule has 1 heterocycles. The normalized spacial score (nSPS) is 18.8. The summed E-state index contributed by atoms with van der Waals surface area (Å²) in [5, 5.41) is 3.51. The monoisotopic (exact) mass is 236 g/mol. The Morgan fingerprint density at radius 3 is 2.82 bits per heavy atom. The molecule has 1 aromatic heterocycles. The van der Waals surface area contributed by atoms with Crippen LogP contribution < -0.4 is 5.32 Å². The van der Waals surface area contributed by atoms with Gasteiger partial charge in [0.1, 0.15) is 0 Å². The Balaban J connectivity index is 1.98. The van der Waals surface area contributed by atoms with Crippen LogP contribution in [0.15, 0.2) is 12.4 Å². The fourth-order valence-electron chi connectivity index (χ4n) is 2.72. The van der Waals surface area contributed by atoms with Crippen LogP contribution in [0, 0.1) is 0 Å². The van der Waals surface area contributed by atoms with Crippen LogP contribution in [0.2, 0.25) is 0 Å². The van der Waals surface area contributed by atoms with Crippen LogP contribution in [0.5, 0.6) is 0 Å². The molecular weight excluding hydrogens is 212 g/mol. The minimum Gasteiger partial charge on any atom is -0.352 e. The lowest BCUT2D eigenvalue weighted by Gasteiger charge is -2.21. The van der Waals surface area contributed by atoms with Crippen LogP contribution in [0.1, 0.15) is 38.6 Å². The summed E-state index contributed by atoms with van der Waals surface area (Å²) in [6.07, 6.45) is 9.33. The van der Waals surface area contributed by atoms with Gasteiger partial charge in [-0.1, -0.05) is 12.8 Å². The van der Waals surface area contributed by atoms with Gasteiger partial charge >= 0.3 is 0 Å². The summed E-state index contributed by atoms with van der Waals surface area (Å²) in [6, 6.07) is 1.08. The molecule has 0 amide bonds. The van der Waals surface area contributed by atoms with E-state index in [1.54, 1.807) is 0 Å². The van der Waals surface area contributed by atoms with Crippen LogP contribution in [0.4, 0.5) is 5.95 Å². The lowest BCUT2D eigenvalue weighted by molar-refractivity contribution is 0.390. The van der Waals surface area contributed by atoms with Crippen LogP contribution in [-0.2, 0) is 0 Å². The second-order valence-electron chi connectivity index (χ2n) is 5.40. The molecule has 4 nitrogen and oxygen atoms in total. The number of hydrogen-bond acceptors (Lipinski definition) is 3. The Morgan fingerprint density at radius 1 is 1.47 bits per heavy atom. The highest BCUT2D eigenvalue weighted by Crippen LogP contribution is 2.31. The van der Waals surface area contributed by atoms with Crippen LogP contribution in [-0.4, -0.2) is 41.1 Å². The first kappa shape index (κ1) is 12.4. The molecule has 0 aliphatic heterocycles. The largest absolute Gasteiger partial charge is 0.352 e. The molecule has 4 heteroatoms. The quantitative estimate of drug-likeness (QED) is 0.852. The molecule has 0 saturated heterocycles. The molecule has 1 aliphatic rings. The number of anilines is 1. The van der Waals surface area contributed by atoms with E-state index in [9.17, 15) is 0 Å². The van der Waals surface area contributed by atoms with Gasteiger partial charge in [-0.2, -0.15) is 0 Å². The van der Waals surface area contributed by atoms with Gasteiger partial charge in [0.25, 0.3) is 0 Å². The van der Waals surface area contributed by atoms with Crippen molar-refractivity contribution in [3.05, 3.63) is 12.4 Å². The molecule has 0 bridgehead atoms. The average Bonchev–Trinajstić information content (AvgIpc) is 2.84. The molecule has 0 radical (unpaired) electrons. The second-order valence-corrected chi connectivity index (χ2v) is 5.40. The Bertz CT molecular complexity index is 339. The summed E-state index contributed by atoms with van der Waals surface area (Å²) in [6.45, 7) is 3.23. The molecule has 1 aliphatic carbocycles. The third-order valence-electron chi connectivity index (χ3n) is 3.40. The van der Waals surface area contributed by atoms with E-state index in [0.717, 1.165) is 12.5 Å². The van der Waals surface area contributed by atoms with Gasteiger partial charge in [-0.3, -0.25) is 0 Å². The smallest absolute Gasteiger partial charge is 0.203 e. The maximum absolute atomic E-state index is 4.44. The summed E-state index contributed by atoms with van der Waals surface area (Å²) in [5.41, 5.74) is 0. The van der Waals surface area contributed by atoms with Gasteiger partial charge < -0.3 is 14.8 Å². The Hall–Kier alpha value is -1.03. The molecule has 1 saturated carbocycles. The SMILES string of the molecule is CC(CN(C)C)Nc1nccn1C1CCCC1. The molecule has 0 aromatic carbocycles. The lowest BCUT2D eigenvalue weighted by Crippen LogP contribution is -2.31. The first-order valence-corrected chi connectivity index (χ1v) is 6.61. The van der Waals surface area contributed by atoms with E-state index in [2.05, 4.69) is 47.0 Å². The molecule has 0 spiro atoms. The van der Waals surface area contributed by atoms with Gasteiger partial charge in [-0.25, -0.2) is 4.98 Å². The van der Waals surface area contributed by atoms with Crippen LogP contribution in [0.25, 0.3) is 0 Å². The number of likely N-dealkylation sites (N-methyl/N-ethyl adjacent to an activating group) is 1. The van der Waals surface area contributed by atoms with Crippen molar-refractivity contribution >= 4 is 5.95 Å². The van der Waals surface area contributed by atoms with E-state index in [-0.39, 0.29) is 0 Å². The highest BCUT2D eigenvalue weighted by molar-refractivity contribution is 5.28. The van der Waals surface area contributed by atoms with E-state index in [1.165, 1.54) is 25.7 Å². The Kier molecular flexibility index (Phi) is 4.05. The van der Waals surface area contributed by atoms with Gasteiger partial charge in [0.15, 0.2) is 0 Å². The zero-order valence-corrected chi connectivity index (χ0v) is 11.2. The van der Waals surface area contributed by atoms with Gasteiger partial charge in [0.2, 0.25) is 5.95 Å². The molecule has 1 aromatic rings. The Labute approximate surface area is 104 Å². The average molecular weight is 236 g/mol. The fourth-order valence-corrected chi connectivity index (χ4v) is 2.72. The number of hydrogen-bond donors (Lipinski definition) is 1. The Morgan fingerprint density at radius 2 is 2.18 bits per heavy atom. The fraction of sp³-hybridized carbons (Fsp3) is 0.769. The van der Waals surface area contributed by atoms with E-state index < -0.39 is 0 Å². The van der Waals surface area contributed by atoms with Crippen molar-refractivity contribution in [2.24, 2.45) is 0 Å². The van der Waals surface area contributed by atoms with Crippen LogP contribution in [0.3, 0.4) is 0 Å².